The van der Waals surface area contributed by atoms with Gasteiger partial charge in [-0.3, -0.25) is 4.79 Å². The maximum Gasteiger partial charge on any atom is 0.333 e. The number of rotatable bonds is 7. The molecule has 0 aromatic heterocycles. The Morgan fingerprint density at radius 2 is 2.26 bits per heavy atom. The third-order valence-corrected chi connectivity index (χ3v) is 2.69. The van der Waals surface area contributed by atoms with E-state index in [9.17, 15) is 9.59 Å². The van der Waals surface area contributed by atoms with Gasteiger partial charge in [-0.05, 0) is 13.8 Å². The highest BCUT2D eigenvalue weighted by Gasteiger charge is 2.23. The third-order valence-electron chi connectivity index (χ3n) is 2.69. The lowest BCUT2D eigenvalue weighted by Gasteiger charge is -2.32. The molecule has 1 aliphatic heterocycles. The van der Waals surface area contributed by atoms with Gasteiger partial charge in [0, 0.05) is 18.5 Å². The zero-order valence-corrected chi connectivity index (χ0v) is 11.5. The molecule has 0 aliphatic carbocycles. The Kier molecular flexibility index (Phi) is 6.52. The number of hydrogen-bond acceptors (Lipinski definition) is 5. The minimum Gasteiger partial charge on any atom is -0.462 e. The highest BCUT2D eigenvalue weighted by molar-refractivity contribution is 5.86. The van der Waals surface area contributed by atoms with Crippen LogP contribution in [0.4, 0.5) is 0 Å². The van der Waals surface area contributed by atoms with Crippen LogP contribution in [-0.4, -0.2) is 56.0 Å². The maximum absolute atomic E-state index is 11.5. The summed E-state index contributed by atoms with van der Waals surface area (Å²) >= 11 is 0. The average molecular weight is 271 g/mol. The summed E-state index contributed by atoms with van der Waals surface area (Å²) in [6.45, 7) is 8.83. The minimum absolute atomic E-state index is 0.0625. The van der Waals surface area contributed by atoms with Crippen LogP contribution in [0.15, 0.2) is 12.2 Å². The number of carbonyl (C=O) groups is 2. The molecule has 1 aliphatic rings. The molecule has 108 valence electrons. The summed E-state index contributed by atoms with van der Waals surface area (Å²) in [6.07, 6.45) is 0.301. The molecule has 1 heterocycles. The number of morpholine rings is 1. The van der Waals surface area contributed by atoms with Crippen LogP contribution < -0.4 is 0 Å². The molecular formula is C13H21NO5. The van der Waals surface area contributed by atoms with Gasteiger partial charge in [-0.15, -0.1) is 0 Å². The van der Waals surface area contributed by atoms with Crippen molar-refractivity contribution < 1.29 is 23.8 Å². The van der Waals surface area contributed by atoms with Gasteiger partial charge in [-0.1, -0.05) is 6.58 Å². The zero-order valence-electron chi connectivity index (χ0n) is 11.5. The van der Waals surface area contributed by atoms with Gasteiger partial charge in [0.2, 0.25) is 0 Å². The first kappa shape index (κ1) is 15.7. The first-order chi connectivity index (χ1) is 9.02. The molecule has 1 rings (SSSR count). The predicted molar refractivity (Wildman–Crippen MR) is 68.3 cm³/mol. The lowest BCUT2D eigenvalue weighted by Crippen LogP contribution is -2.47. The van der Waals surface area contributed by atoms with Crippen LogP contribution in [0.1, 0.15) is 20.3 Å². The van der Waals surface area contributed by atoms with Gasteiger partial charge in [0.15, 0.2) is 0 Å². The molecule has 0 aromatic rings. The van der Waals surface area contributed by atoms with E-state index in [0.717, 1.165) is 0 Å². The predicted octanol–water partition coefficient (Wildman–Crippen LogP) is 0.717. The van der Waals surface area contributed by atoms with Crippen molar-refractivity contribution in [3.63, 3.8) is 0 Å². The Labute approximate surface area is 113 Å². The summed E-state index contributed by atoms with van der Waals surface area (Å²) < 4.78 is 15.5. The van der Waals surface area contributed by atoms with E-state index in [1.165, 1.54) is 0 Å². The Hall–Kier alpha value is -1.40. The molecule has 1 saturated heterocycles. The SMILES string of the molecule is C=C(C)C(=O)OCCCOC(C)N1CCOCC1=O. The number of nitrogens with zero attached hydrogens (tertiary/aromatic N) is 1. The van der Waals surface area contributed by atoms with E-state index >= 15 is 0 Å². The number of hydrogen-bond donors (Lipinski definition) is 0. The first-order valence-corrected chi connectivity index (χ1v) is 6.34. The highest BCUT2D eigenvalue weighted by Crippen LogP contribution is 2.06. The van der Waals surface area contributed by atoms with Crippen LogP contribution in [-0.2, 0) is 23.8 Å². The third kappa shape index (κ3) is 5.40. The van der Waals surface area contributed by atoms with Crippen molar-refractivity contribution in [1.29, 1.82) is 0 Å². The zero-order chi connectivity index (χ0) is 14.3. The molecule has 1 unspecified atom stereocenters. The Bertz CT molecular complexity index is 342. The van der Waals surface area contributed by atoms with Crippen molar-refractivity contribution in [2.75, 3.05) is 33.0 Å². The molecule has 1 atom stereocenters. The second-order valence-electron chi connectivity index (χ2n) is 4.38. The van der Waals surface area contributed by atoms with Crippen LogP contribution >= 0.6 is 0 Å². The van der Waals surface area contributed by atoms with Gasteiger partial charge in [0.1, 0.15) is 12.8 Å². The fraction of sp³-hybridized carbons (Fsp3) is 0.692. The van der Waals surface area contributed by atoms with Crippen molar-refractivity contribution in [2.45, 2.75) is 26.5 Å². The van der Waals surface area contributed by atoms with Crippen LogP contribution in [0.3, 0.4) is 0 Å². The summed E-state index contributed by atoms with van der Waals surface area (Å²) in [5, 5.41) is 0. The molecule has 19 heavy (non-hydrogen) atoms. The normalized spacial score (nSPS) is 17.2. The van der Waals surface area contributed by atoms with Crippen molar-refractivity contribution in [2.24, 2.45) is 0 Å². The highest BCUT2D eigenvalue weighted by atomic mass is 16.5. The van der Waals surface area contributed by atoms with Gasteiger partial charge in [-0.25, -0.2) is 4.79 Å². The summed E-state index contributed by atoms with van der Waals surface area (Å²) in [7, 11) is 0. The summed E-state index contributed by atoms with van der Waals surface area (Å²) in [5.74, 6) is -0.455. The van der Waals surface area contributed by atoms with Crippen molar-refractivity contribution in [1.82, 2.24) is 4.90 Å². The van der Waals surface area contributed by atoms with Gasteiger partial charge >= 0.3 is 5.97 Å². The Morgan fingerprint density at radius 1 is 1.53 bits per heavy atom. The van der Waals surface area contributed by atoms with Crippen molar-refractivity contribution in [3.05, 3.63) is 12.2 Å². The van der Waals surface area contributed by atoms with Crippen LogP contribution in [0, 0.1) is 0 Å². The second kappa shape index (κ2) is 7.91. The lowest BCUT2D eigenvalue weighted by molar-refractivity contribution is -0.159. The fourth-order valence-electron chi connectivity index (χ4n) is 1.61. The molecule has 6 nitrogen and oxygen atoms in total. The Balaban J connectivity index is 2.13. The monoisotopic (exact) mass is 271 g/mol. The van der Waals surface area contributed by atoms with Crippen LogP contribution in [0.25, 0.3) is 0 Å². The van der Waals surface area contributed by atoms with E-state index in [-0.39, 0.29) is 25.3 Å². The molecule has 6 heteroatoms. The summed E-state index contributed by atoms with van der Waals surface area (Å²) in [5.41, 5.74) is 0.383. The van der Waals surface area contributed by atoms with Crippen LogP contribution in [0.2, 0.25) is 0 Å². The maximum atomic E-state index is 11.5. The van der Waals surface area contributed by atoms with E-state index < -0.39 is 5.97 Å². The number of ether oxygens (including phenoxy) is 3. The molecule has 1 fully saturated rings. The van der Waals surface area contributed by atoms with E-state index in [1.807, 2.05) is 6.92 Å². The molecule has 0 radical (unpaired) electrons. The van der Waals surface area contributed by atoms with E-state index in [4.69, 9.17) is 14.2 Å². The van der Waals surface area contributed by atoms with Gasteiger partial charge in [-0.2, -0.15) is 0 Å². The minimum atomic E-state index is -0.392. The van der Waals surface area contributed by atoms with Gasteiger partial charge < -0.3 is 19.1 Å². The number of carbonyl (C=O) groups excluding carboxylic acids is 2. The smallest absolute Gasteiger partial charge is 0.333 e. The Morgan fingerprint density at radius 3 is 2.89 bits per heavy atom. The average Bonchev–Trinajstić information content (AvgIpc) is 2.38. The van der Waals surface area contributed by atoms with Crippen LogP contribution in [0.5, 0.6) is 0 Å². The first-order valence-electron chi connectivity index (χ1n) is 6.34. The molecule has 0 bridgehead atoms. The van der Waals surface area contributed by atoms with E-state index in [1.54, 1.807) is 11.8 Å². The topological polar surface area (TPSA) is 65.1 Å². The quantitative estimate of drug-likeness (QED) is 0.388. The van der Waals surface area contributed by atoms with Crippen molar-refractivity contribution in [3.8, 4) is 0 Å². The molecule has 0 N–H and O–H groups in total. The molecule has 0 aromatic carbocycles. The molecular weight excluding hydrogens is 250 g/mol. The fourth-order valence-corrected chi connectivity index (χ4v) is 1.61. The van der Waals surface area contributed by atoms with E-state index in [0.29, 0.717) is 31.8 Å². The summed E-state index contributed by atoms with van der Waals surface area (Å²) in [4.78, 5) is 24.3. The largest absolute Gasteiger partial charge is 0.462 e. The molecule has 1 amide bonds. The lowest BCUT2D eigenvalue weighted by atomic mass is 10.3. The van der Waals surface area contributed by atoms with E-state index in [2.05, 4.69) is 6.58 Å². The summed E-state index contributed by atoms with van der Waals surface area (Å²) in [6, 6.07) is 0. The standard InChI is InChI=1S/C13H21NO5/c1-10(2)13(16)19-7-4-6-18-11(3)14-5-8-17-9-12(14)15/h11H,1,4-9H2,2-3H3. The van der Waals surface area contributed by atoms with Gasteiger partial charge in [0.05, 0.1) is 19.8 Å². The number of amides is 1. The second-order valence-corrected chi connectivity index (χ2v) is 4.38. The molecule has 0 saturated carbocycles. The molecule has 0 spiro atoms. The number of esters is 1. The van der Waals surface area contributed by atoms with Crippen molar-refractivity contribution >= 4 is 11.9 Å². The van der Waals surface area contributed by atoms with Gasteiger partial charge in [0.25, 0.3) is 5.91 Å².